The SMILES string of the molecule is COC(=O)N1c2ccc(-c3cnn([C@@H]4CNC[C@@H]4F)c3)c(OC3CCC3)c2CC[C@@H]1C. The highest BCUT2D eigenvalue weighted by molar-refractivity contribution is 5.92. The maximum Gasteiger partial charge on any atom is 0.414 e. The Balaban J connectivity index is 1.56. The molecular formula is C23H29FN4O3. The molecule has 1 aromatic carbocycles. The molecule has 2 aromatic rings. The summed E-state index contributed by atoms with van der Waals surface area (Å²) in [5, 5.41) is 7.54. The monoisotopic (exact) mass is 428 g/mol. The molecular weight excluding hydrogens is 399 g/mol. The first-order valence-corrected chi connectivity index (χ1v) is 11.2. The summed E-state index contributed by atoms with van der Waals surface area (Å²) < 4.78 is 27.5. The topological polar surface area (TPSA) is 68.6 Å². The summed E-state index contributed by atoms with van der Waals surface area (Å²) in [6, 6.07) is 3.72. The number of carbonyl (C=O) groups excluding carboxylic acids is 1. The molecule has 1 aliphatic carbocycles. The number of amides is 1. The highest BCUT2D eigenvalue weighted by Gasteiger charge is 2.34. The van der Waals surface area contributed by atoms with Crippen molar-refractivity contribution in [2.24, 2.45) is 0 Å². The molecule has 0 radical (unpaired) electrons. The van der Waals surface area contributed by atoms with Crippen LogP contribution >= 0.6 is 0 Å². The number of methoxy groups -OCH3 is 1. The van der Waals surface area contributed by atoms with E-state index in [-0.39, 0.29) is 24.3 Å². The Morgan fingerprint density at radius 1 is 1.26 bits per heavy atom. The number of fused-ring (bicyclic) bond motifs is 1. The molecule has 2 aliphatic heterocycles. The molecule has 166 valence electrons. The smallest absolute Gasteiger partial charge is 0.414 e. The van der Waals surface area contributed by atoms with E-state index in [0.717, 1.165) is 53.8 Å². The minimum Gasteiger partial charge on any atom is -0.489 e. The highest BCUT2D eigenvalue weighted by Crippen LogP contribution is 2.44. The van der Waals surface area contributed by atoms with Crippen LogP contribution in [0.3, 0.4) is 0 Å². The van der Waals surface area contributed by atoms with Gasteiger partial charge in [0.15, 0.2) is 0 Å². The number of aromatic nitrogens is 2. The standard InChI is InChI=1S/C23H29FN4O3/c1-14-6-7-18-20(28(14)23(29)30-2)9-8-17(22(18)31-16-4-3-5-16)15-10-26-27(13-15)21-12-25-11-19(21)24/h8-10,13-14,16,19,21,25H,3-7,11-12H2,1-2H3/t14-,19-,21+/m0/s1. The van der Waals surface area contributed by atoms with E-state index in [1.54, 1.807) is 15.8 Å². The normalized spacial score (nSPS) is 25.8. The number of anilines is 1. The number of hydrogen-bond donors (Lipinski definition) is 1. The van der Waals surface area contributed by atoms with Gasteiger partial charge in [-0.05, 0) is 51.2 Å². The van der Waals surface area contributed by atoms with Crippen LogP contribution in [0.1, 0.15) is 44.2 Å². The summed E-state index contributed by atoms with van der Waals surface area (Å²) >= 11 is 0. The maximum atomic E-state index is 14.2. The molecule has 3 atom stereocenters. The zero-order chi connectivity index (χ0) is 21.5. The molecule has 0 unspecified atom stereocenters. The Morgan fingerprint density at radius 3 is 2.77 bits per heavy atom. The predicted molar refractivity (Wildman–Crippen MR) is 115 cm³/mol. The molecule has 7 nitrogen and oxygen atoms in total. The van der Waals surface area contributed by atoms with Crippen molar-refractivity contribution >= 4 is 11.8 Å². The van der Waals surface area contributed by atoms with Crippen LogP contribution in [-0.2, 0) is 11.2 Å². The van der Waals surface area contributed by atoms with Crippen molar-refractivity contribution < 1.29 is 18.7 Å². The zero-order valence-electron chi connectivity index (χ0n) is 18.0. The number of rotatable bonds is 4. The maximum absolute atomic E-state index is 14.2. The van der Waals surface area contributed by atoms with Gasteiger partial charge in [-0.25, -0.2) is 9.18 Å². The van der Waals surface area contributed by atoms with Gasteiger partial charge in [0.2, 0.25) is 0 Å². The summed E-state index contributed by atoms with van der Waals surface area (Å²) in [6.45, 7) is 2.97. The summed E-state index contributed by atoms with van der Waals surface area (Å²) in [7, 11) is 1.41. The van der Waals surface area contributed by atoms with Gasteiger partial charge in [-0.2, -0.15) is 5.10 Å². The first-order valence-electron chi connectivity index (χ1n) is 11.2. The molecule has 1 saturated carbocycles. The van der Waals surface area contributed by atoms with Crippen LogP contribution in [0, 0.1) is 0 Å². The third-order valence-corrected chi connectivity index (χ3v) is 6.82. The largest absolute Gasteiger partial charge is 0.489 e. The van der Waals surface area contributed by atoms with Gasteiger partial charge in [0.05, 0.1) is 31.1 Å². The molecule has 1 saturated heterocycles. The second-order valence-electron chi connectivity index (χ2n) is 8.79. The minimum absolute atomic E-state index is 0.0569. The van der Waals surface area contributed by atoms with Gasteiger partial charge < -0.3 is 14.8 Å². The minimum atomic E-state index is -0.947. The molecule has 5 rings (SSSR count). The lowest BCUT2D eigenvalue weighted by Gasteiger charge is -2.37. The van der Waals surface area contributed by atoms with Crippen molar-refractivity contribution in [1.29, 1.82) is 0 Å². The molecule has 31 heavy (non-hydrogen) atoms. The predicted octanol–water partition coefficient (Wildman–Crippen LogP) is 3.87. The average Bonchev–Trinajstić information content (AvgIpc) is 3.38. The third-order valence-electron chi connectivity index (χ3n) is 6.82. The number of benzene rings is 1. The molecule has 3 heterocycles. The van der Waals surface area contributed by atoms with Gasteiger partial charge in [-0.3, -0.25) is 9.58 Å². The number of nitrogens with zero attached hydrogens (tertiary/aromatic N) is 3. The van der Waals surface area contributed by atoms with Gasteiger partial charge >= 0.3 is 6.09 Å². The van der Waals surface area contributed by atoms with Crippen molar-refractivity contribution in [2.75, 3.05) is 25.1 Å². The van der Waals surface area contributed by atoms with Crippen LogP contribution in [0.5, 0.6) is 5.75 Å². The Hall–Kier alpha value is -2.61. The van der Waals surface area contributed by atoms with Crippen molar-refractivity contribution in [2.45, 2.75) is 63.4 Å². The van der Waals surface area contributed by atoms with Gasteiger partial charge in [-0.15, -0.1) is 0 Å². The lowest BCUT2D eigenvalue weighted by molar-refractivity contribution is 0.119. The van der Waals surface area contributed by atoms with Gasteiger partial charge in [-0.1, -0.05) is 0 Å². The number of nitrogens with one attached hydrogen (secondary N) is 1. The first-order chi connectivity index (χ1) is 15.1. The molecule has 0 spiro atoms. The molecule has 1 amide bonds. The van der Waals surface area contributed by atoms with E-state index in [2.05, 4.69) is 10.4 Å². The fraction of sp³-hybridized carbons (Fsp3) is 0.565. The van der Waals surface area contributed by atoms with E-state index in [1.165, 1.54) is 13.5 Å². The fourth-order valence-corrected chi connectivity index (χ4v) is 4.75. The number of alkyl halides is 1. The summed E-state index contributed by atoms with van der Waals surface area (Å²) in [5.41, 5.74) is 3.73. The molecule has 8 heteroatoms. The summed E-state index contributed by atoms with van der Waals surface area (Å²) in [6.07, 6.45) is 7.49. The number of ether oxygens (including phenoxy) is 2. The van der Waals surface area contributed by atoms with Crippen molar-refractivity contribution in [3.8, 4) is 16.9 Å². The van der Waals surface area contributed by atoms with Gasteiger partial charge in [0.1, 0.15) is 11.9 Å². The molecule has 1 N–H and O–H groups in total. The van der Waals surface area contributed by atoms with Crippen LogP contribution < -0.4 is 15.0 Å². The Bertz CT molecular complexity index is 974. The van der Waals surface area contributed by atoms with Crippen molar-refractivity contribution in [1.82, 2.24) is 15.1 Å². The fourth-order valence-electron chi connectivity index (χ4n) is 4.75. The quantitative estimate of drug-likeness (QED) is 0.801. The number of hydrogen-bond acceptors (Lipinski definition) is 5. The van der Waals surface area contributed by atoms with E-state index >= 15 is 0 Å². The average molecular weight is 429 g/mol. The molecule has 2 fully saturated rings. The van der Waals surface area contributed by atoms with Crippen LogP contribution in [0.25, 0.3) is 11.1 Å². The van der Waals surface area contributed by atoms with E-state index in [4.69, 9.17) is 9.47 Å². The van der Waals surface area contributed by atoms with Gasteiger partial charge in [0, 0.05) is 42.0 Å². The van der Waals surface area contributed by atoms with Crippen LogP contribution in [-0.4, -0.2) is 54.4 Å². The van der Waals surface area contributed by atoms with Crippen molar-refractivity contribution in [3.63, 3.8) is 0 Å². The second-order valence-corrected chi connectivity index (χ2v) is 8.79. The van der Waals surface area contributed by atoms with E-state index in [1.807, 2.05) is 25.3 Å². The Morgan fingerprint density at radius 2 is 2.10 bits per heavy atom. The van der Waals surface area contributed by atoms with Crippen LogP contribution in [0.15, 0.2) is 24.5 Å². The lowest BCUT2D eigenvalue weighted by atomic mass is 9.91. The number of halogens is 1. The van der Waals surface area contributed by atoms with E-state index < -0.39 is 6.17 Å². The Kier molecular flexibility index (Phi) is 5.33. The van der Waals surface area contributed by atoms with E-state index in [0.29, 0.717) is 13.1 Å². The van der Waals surface area contributed by atoms with Crippen LogP contribution in [0.4, 0.5) is 14.9 Å². The van der Waals surface area contributed by atoms with E-state index in [9.17, 15) is 9.18 Å². The Labute approximate surface area is 181 Å². The van der Waals surface area contributed by atoms with Gasteiger partial charge in [0.25, 0.3) is 0 Å². The first kappa shape index (κ1) is 20.3. The summed E-state index contributed by atoms with van der Waals surface area (Å²) in [5.74, 6) is 0.823. The van der Waals surface area contributed by atoms with Crippen molar-refractivity contribution in [3.05, 3.63) is 30.1 Å². The number of carbonyl (C=O) groups is 1. The zero-order valence-corrected chi connectivity index (χ0v) is 18.0. The molecule has 3 aliphatic rings. The van der Waals surface area contributed by atoms with Crippen LogP contribution in [0.2, 0.25) is 0 Å². The third kappa shape index (κ3) is 3.56. The lowest BCUT2D eigenvalue weighted by Crippen LogP contribution is -2.42. The second kappa shape index (κ2) is 8.15. The molecule has 0 bridgehead atoms. The molecule has 1 aromatic heterocycles. The highest BCUT2D eigenvalue weighted by atomic mass is 19.1. The summed E-state index contributed by atoms with van der Waals surface area (Å²) in [4.78, 5) is 14.2.